The van der Waals surface area contributed by atoms with E-state index in [9.17, 15) is 8.42 Å². The standard InChI is InChI=1S/C14H18N2O3S2/c17-10-11-3-6-16(7-4-11)21(18,19)15-13-1-2-14-12(9-13)5-8-20-14/h1-2,5,8-9,11,15,17H,3-4,6-7,10H2. The molecule has 1 aromatic carbocycles. The van der Waals surface area contributed by atoms with Crippen molar-refractivity contribution in [2.75, 3.05) is 24.4 Å². The summed E-state index contributed by atoms with van der Waals surface area (Å²) in [5.41, 5.74) is 0.588. The molecular formula is C14H18N2O3S2. The third kappa shape index (κ3) is 3.21. The fourth-order valence-electron chi connectivity index (χ4n) is 2.58. The zero-order valence-electron chi connectivity index (χ0n) is 11.5. The largest absolute Gasteiger partial charge is 0.396 e. The molecule has 0 spiro atoms. The molecule has 0 aliphatic carbocycles. The van der Waals surface area contributed by atoms with Crippen LogP contribution in [0.15, 0.2) is 29.6 Å². The Morgan fingerprint density at radius 1 is 1.29 bits per heavy atom. The number of anilines is 1. The normalized spacial score (nSPS) is 18.1. The van der Waals surface area contributed by atoms with Gasteiger partial charge in [-0.1, -0.05) is 0 Å². The third-order valence-electron chi connectivity index (χ3n) is 3.87. The Morgan fingerprint density at radius 3 is 2.76 bits per heavy atom. The van der Waals surface area contributed by atoms with Crippen LogP contribution in [0.3, 0.4) is 0 Å². The summed E-state index contributed by atoms with van der Waals surface area (Å²) < 4.78 is 30.0. The van der Waals surface area contributed by atoms with Crippen LogP contribution in [-0.4, -0.2) is 37.5 Å². The van der Waals surface area contributed by atoms with Gasteiger partial charge in [0.05, 0.1) is 5.69 Å². The first-order valence-electron chi connectivity index (χ1n) is 6.94. The third-order valence-corrected chi connectivity index (χ3v) is 6.31. The fourth-order valence-corrected chi connectivity index (χ4v) is 4.59. The van der Waals surface area contributed by atoms with Crippen molar-refractivity contribution in [1.29, 1.82) is 0 Å². The van der Waals surface area contributed by atoms with Crippen LogP contribution in [-0.2, 0) is 10.2 Å². The van der Waals surface area contributed by atoms with E-state index in [1.165, 1.54) is 4.31 Å². The Kier molecular flexibility index (Phi) is 4.17. The zero-order valence-corrected chi connectivity index (χ0v) is 13.2. The molecule has 5 nitrogen and oxygen atoms in total. The number of nitrogens with zero attached hydrogens (tertiary/aromatic N) is 1. The summed E-state index contributed by atoms with van der Waals surface area (Å²) in [4.78, 5) is 0. The Morgan fingerprint density at radius 2 is 2.05 bits per heavy atom. The van der Waals surface area contributed by atoms with Crippen molar-refractivity contribution in [3.63, 3.8) is 0 Å². The zero-order chi connectivity index (χ0) is 14.9. The number of piperidine rings is 1. The molecule has 0 radical (unpaired) electrons. The van der Waals surface area contributed by atoms with Gasteiger partial charge in [-0.05, 0) is 53.8 Å². The van der Waals surface area contributed by atoms with Crippen LogP contribution in [0.4, 0.5) is 5.69 Å². The molecule has 0 amide bonds. The monoisotopic (exact) mass is 326 g/mol. The summed E-state index contributed by atoms with van der Waals surface area (Å²) in [5.74, 6) is 0.221. The molecule has 1 fully saturated rings. The van der Waals surface area contributed by atoms with E-state index < -0.39 is 10.2 Å². The molecule has 0 bridgehead atoms. The first-order chi connectivity index (χ1) is 10.1. The fraction of sp³-hybridized carbons (Fsp3) is 0.429. The van der Waals surface area contributed by atoms with Crippen LogP contribution in [0, 0.1) is 5.92 Å². The van der Waals surface area contributed by atoms with Crippen molar-refractivity contribution >= 4 is 37.3 Å². The first-order valence-corrected chi connectivity index (χ1v) is 9.26. The highest BCUT2D eigenvalue weighted by molar-refractivity contribution is 7.90. The van der Waals surface area contributed by atoms with Crippen molar-refractivity contribution in [3.8, 4) is 0 Å². The minimum Gasteiger partial charge on any atom is -0.396 e. The van der Waals surface area contributed by atoms with Gasteiger partial charge in [-0.3, -0.25) is 4.72 Å². The number of rotatable bonds is 4. The summed E-state index contributed by atoms with van der Waals surface area (Å²) in [6, 6.07) is 7.54. The second-order valence-electron chi connectivity index (χ2n) is 5.31. The average Bonchev–Trinajstić information content (AvgIpc) is 2.94. The predicted octanol–water partition coefficient (Wildman–Crippen LogP) is 2.26. The number of hydrogen-bond acceptors (Lipinski definition) is 4. The van der Waals surface area contributed by atoms with Gasteiger partial charge in [-0.25, -0.2) is 0 Å². The molecular weight excluding hydrogens is 308 g/mol. The van der Waals surface area contributed by atoms with Crippen LogP contribution < -0.4 is 4.72 Å². The van der Waals surface area contributed by atoms with E-state index >= 15 is 0 Å². The van der Waals surface area contributed by atoms with E-state index in [4.69, 9.17) is 5.11 Å². The molecule has 1 aliphatic rings. The number of fused-ring (bicyclic) bond motifs is 1. The van der Waals surface area contributed by atoms with Gasteiger partial charge in [0.2, 0.25) is 0 Å². The highest BCUT2D eigenvalue weighted by Crippen LogP contribution is 2.26. The lowest BCUT2D eigenvalue weighted by molar-refractivity contribution is 0.170. The molecule has 1 saturated heterocycles. The second-order valence-corrected chi connectivity index (χ2v) is 7.92. The SMILES string of the molecule is O=S(=O)(Nc1ccc2sccc2c1)N1CCC(CO)CC1. The number of aliphatic hydroxyl groups is 1. The average molecular weight is 326 g/mol. The molecule has 2 heterocycles. The Hall–Kier alpha value is -1.15. The summed E-state index contributed by atoms with van der Waals surface area (Å²) in [5, 5.41) is 12.1. The molecule has 0 atom stereocenters. The molecule has 0 unspecified atom stereocenters. The molecule has 1 aliphatic heterocycles. The van der Waals surface area contributed by atoms with Crippen LogP contribution in [0.5, 0.6) is 0 Å². The van der Waals surface area contributed by atoms with E-state index in [-0.39, 0.29) is 12.5 Å². The lowest BCUT2D eigenvalue weighted by Crippen LogP contribution is -2.42. The number of thiophene rings is 1. The van der Waals surface area contributed by atoms with E-state index in [0.29, 0.717) is 31.6 Å². The minimum atomic E-state index is -3.51. The highest BCUT2D eigenvalue weighted by Gasteiger charge is 2.27. The number of nitrogens with one attached hydrogen (secondary N) is 1. The smallest absolute Gasteiger partial charge is 0.301 e. The van der Waals surface area contributed by atoms with Crippen LogP contribution in [0.25, 0.3) is 10.1 Å². The number of aliphatic hydroxyl groups excluding tert-OH is 1. The van der Waals surface area contributed by atoms with Crippen LogP contribution in [0.2, 0.25) is 0 Å². The van der Waals surface area contributed by atoms with Crippen molar-refractivity contribution in [1.82, 2.24) is 4.31 Å². The molecule has 2 N–H and O–H groups in total. The molecule has 21 heavy (non-hydrogen) atoms. The van der Waals surface area contributed by atoms with Gasteiger partial charge in [0.15, 0.2) is 0 Å². The van der Waals surface area contributed by atoms with Gasteiger partial charge >= 0.3 is 10.2 Å². The molecule has 0 saturated carbocycles. The molecule has 1 aromatic heterocycles. The Balaban J connectivity index is 1.73. The van der Waals surface area contributed by atoms with Crippen molar-refractivity contribution < 1.29 is 13.5 Å². The molecule has 2 aromatic rings. The maximum atomic E-state index is 12.4. The van der Waals surface area contributed by atoms with Crippen LogP contribution >= 0.6 is 11.3 Å². The van der Waals surface area contributed by atoms with Crippen molar-refractivity contribution in [2.24, 2.45) is 5.92 Å². The first kappa shape index (κ1) is 14.8. The highest BCUT2D eigenvalue weighted by atomic mass is 32.2. The lowest BCUT2D eigenvalue weighted by atomic mass is 10.00. The summed E-state index contributed by atoms with van der Waals surface area (Å²) >= 11 is 1.63. The topological polar surface area (TPSA) is 69.6 Å². The van der Waals surface area contributed by atoms with Gasteiger partial charge < -0.3 is 5.11 Å². The van der Waals surface area contributed by atoms with E-state index in [1.807, 2.05) is 23.6 Å². The maximum absolute atomic E-state index is 12.4. The van der Waals surface area contributed by atoms with E-state index in [1.54, 1.807) is 17.4 Å². The predicted molar refractivity (Wildman–Crippen MR) is 85.8 cm³/mol. The Labute approximate surface area is 128 Å². The lowest BCUT2D eigenvalue weighted by Gasteiger charge is -2.30. The van der Waals surface area contributed by atoms with Gasteiger partial charge in [-0.15, -0.1) is 11.3 Å². The second kappa shape index (κ2) is 5.92. The van der Waals surface area contributed by atoms with Gasteiger partial charge in [0.25, 0.3) is 0 Å². The summed E-state index contributed by atoms with van der Waals surface area (Å²) in [7, 11) is -3.51. The van der Waals surface area contributed by atoms with Crippen LogP contribution in [0.1, 0.15) is 12.8 Å². The molecule has 114 valence electrons. The number of benzene rings is 1. The van der Waals surface area contributed by atoms with Gasteiger partial charge in [0, 0.05) is 24.4 Å². The minimum absolute atomic E-state index is 0.135. The van der Waals surface area contributed by atoms with Gasteiger partial charge in [-0.2, -0.15) is 12.7 Å². The molecule has 3 rings (SSSR count). The maximum Gasteiger partial charge on any atom is 0.301 e. The van der Waals surface area contributed by atoms with Crippen molar-refractivity contribution in [2.45, 2.75) is 12.8 Å². The van der Waals surface area contributed by atoms with E-state index in [0.717, 1.165) is 10.1 Å². The quantitative estimate of drug-likeness (QED) is 0.905. The summed E-state index contributed by atoms with van der Waals surface area (Å²) in [6.07, 6.45) is 1.42. The Bertz CT molecular complexity index is 719. The molecule has 7 heteroatoms. The van der Waals surface area contributed by atoms with Gasteiger partial charge in [0.1, 0.15) is 0 Å². The number of hydrogen-bond donors (Lipinski definition) is 2. The van der Waals surface area contributed by atoms with Crippen molar-refractivity contribution in [3.05, 3.63) is 29.6 Å². The summed E-state index contributed by atoms with van der Waals surface area (Å²) in [6.45, 7) is 1.05. The van der Waals surface area contributed by atoms with E-state index in [2.05, 4.69) is 4.72 Å².